The van der Waals surface area contributed by atoms with Gasteiger partial charge in [-0.25, -0.2) is 13.1 Å². The summed E-state index contributed by atoms with van der Waals surface area (Å²) in [5.41, 5.74) is 4.10. The third-order valence-electron chi connectivity index (χ3n) is 5.68. The van der Waals surface area contributed by atoms with Crippen molar-refractivity contribution < 1.29 is 13.2 Å². The van der Waals surface area contributed by atoms with Crippen LogP contribution in [0.5, 0.6) is 0 Å². The zero-order valence-corrected chi connectivity index (χ0v) is 19.4. The smallest absolute Gasteiger partial charge is 0.256 e. The molecule has 34 heavy (non-hydrogen) atoms. The first-order chi connectivity index (χ1) is 16.4. The van der Waals surface area contributed by atoms with E-state index in [-0.39, 0.29) is 18.2 Å². The molecule has 1 aromatic heterocycles. The van der Waals surface area contributed by atoms with Gasteiger partial charge in [0.1, 0.15) is 5.84 Å². The molecule has 0 fully saturated rings. The second-order valence-corrected chi connectivity index (χ2v) is 9.91. The highest BCUT2D eigenvalue weighted by atomic mass is 32.2. The highest BCUT2D eigenvalue weighted by molar-refractivity contribution is 7.90. The fraction of sp³-hybridized carbons (Fsp3) is 0.160. The number of amidine groups is 1. The van der Waals surface area contributed by atoms with Crippen molar-refractivity contribution in [2.24, 2.45) is 4.40 Å². The third-order valence-corrected chi connectivity index (χ3v) is 6.85. The van der Waals surface area contributed by atoms with Crippen LogP contribution < -0.4 is 0 Å². The highest BCUT2D eigenvalue weighted by Gasteiger charge is 2.26. The maximum Gasteiger partial charge on any atom is 0.256 e. The molecule has 9 heteroatoms. The summed E-state index contributed by atoms with van der Waals surface area (Å²) in [7, 11) is -1.69. The summed E-state index contributed by atoms with van der Waals surface area (Å²) in [6.07, 6.45) is 6.80. The Kier molecular flexibility index (Phi) is 5.62. The summed E-state index contributed by atoms with van der Waals surface area (Å²) in [5.74, 6) is 0.0909. The fourth-order valence-electron chi connectivity index (χ4n) is 3.95. The molecule has 0 aliphatic carbocycles. The second-order valence-electron chi connectivity index (χ2n) is 8.16. The van der Waals surface area contributed by atoms with Crippen molar-refractivity contribution in [2.45, 2.75) is 6.54 Å². The SMILES string of the molecule is CN(Cc1cn(-c2ccccc2)nc1-c1ccccc1)C(=O)C1=CN2CCS(=O)(=O)N=C2C=C1. The molecule has 1 amide bonds. The summed E-state index contributed by atoms with van der Waals surface area (Å²) in [6, 6.07) is 19.7. The number of benzene rings is 2. The van der Waals surface area contributed by atoms with Gasteiger partial charge in [-0.15, -0.1) is 4.40 Å². The molecular weight excluding hydrogens is 450 g/mol. The van der Waals surface area contributed by atoms with Gasteiger partial charge in [0.15, 0.2) is 0 Å². The minimum Gasteiger partial charge on any atom is -0.337 e. The predicted octanol–water partition coefficient (Wildman–Crippen LogP) is 3.00. The van der Waals surface area contributed by atoms with Gasteiger partial charge in [0.05, 0.1) is 22.7 Å². The van der Waals surface area contributed by atoms with Crippen LogP contribution in [0.25, 0.3) is 16.9 Å². The topological polar surface area (TPSA) is 87.9 Å². The van der Waals surface area contributed by atoms with E-state index in [0.29, 0.717) is 18.0 Å². The van der Waals surface area contributed by atoms with Gasteiger partial charge in [0.25, 0.3) is 15.9 Å². The van der Waals surface area contributed by atoms with E-state index in [0.717, 1.165) is 22.5 Å². The first-order valence-electron chi connectivity index (χ1n) is 10.8. The van der Waals surface area contributed by atoms with Gasteiger partial charge in [-0.2, -0.15) is 5.10 Å². The Bertz CT molecular complexity index is 1420. The number of sulfonamides is 1. The number of aromatic nitrogens is 2. The lowest BCUT2D eigenvalue weighted by atomic mass is 10.1. The number of amides is 1. The van der Waals surface area contributed by atoms with Crippen LogP contribution in [0, 0.1) is 0 Å². The summed E-state index contributed by atoms with van der Waals surface area (Å²) in [5, 5.41) is 4.81. The molecule has 0 N–H and O–H groups in total. The van der Waals surface area contributed by atoms with Gasteiger partial charge in [0, 0.05) is 43.7 Å². The number of fused-ring (bicyclic) bond motifs is 1. The molecule has 0 unspecified atom stereocenters. The first-order valence-corrected chi connectivity index (χ1v) is 12.4. The molecule has 0 bridgehead atoms. The Balaban J connectivity index is 1.42. The Labute approximate surface area is 198 Å². The van der Waals surface area contributed by atoms with Gasteiger partial charge in [0.2, 0.25) is 0 Å². The number of hydrogen-bond donors (Lipinski definition) is 0. The van der Waals surface area contributed by atoms with Crippen molar-refractivity contribution in [2.75, 3.05) is 19.3 Å². The lowest BCUT2D eigenvalue weighted by molar-refractivity contribution is -0.126. The summed E-state index contributed by atoms with van der Waals surface area (Å²) < 4.78 is 29.1. The Morgan fingerprint density at radius 2 is 1.74 bits per heavy atom. The lowest BCUT2D eigenvalue weighted by Gasteiger charge is -2.28. The van der Waals surface area contributed by atoms with Crippen molar-refractivity contribution >= 4 is 21.8 Å². The van der Waals surface area contributed by atoms with Crippen LogP contribution in [0.4, 0.5) is 0 Å². The predicted molar refractivity (Wildman–Crippen MR) is 131 cm³/mol. The molecule has 2 aliphatic heterocycles. The molecule has 3 heterocycles. The van der Waals surface area contributed by atoms with E-state index >= 15 is 0 Å². The Morgan fingerprint density at radius 1 is 1.03 bits per heavy atom. The minimum atomic E-state index is -3.44. The average Bonchev–Trinajstić information content (AvgIpc) is 3.27. The molecule has 8 nitrogen and oxygen atoms in total. The molecule has 0 atom stereocenters. The van der Waals surface area contributed by atoms with Crippen LogP contribution in [0.15, 0.2) is 95.2 Å². The van der Waals surface area contributed by atoms with Gasteiger partial charge in [-0.3, -0.25) is 4.79 Å². The molecule has 3 aromatic rings. The van der Waals surface area contributed by atoms with E-state index in [1.165, 1.54) is 0 Å². The number of carbonyl (C=O) groups is 1. The van der Waals surface area contributed by atoms with E-state index in [1.807, 2.05) is 71.5 Å². The van der Waals surface area contributed by atoms with Crippen LogP contribution in [-0.2, 0) is 21.4 Å². The minimum absolute atomic E-state index is 0.0722. The van der Waals surface area contributed by atoms with E-state index in [1.54, 1.807) is 35.2 Å². The molecule has 2 aromatic carbocycles. The summed E-state index contributed by atoms with van der Waals surface area (Å²) in [4.78, 5) is 16.6. The number of hydrogen-bond acceptors (Lipinski definition) is 5. The fourth-order valence-corrected chi connectivity index (χ4v) is 4.92. The van der Waals surface area contributed by atoms with Gasteiger partial charge >= 0.3 is 0 Å². The van der Waals surface area contributed by atoms with Crippen molar-refractivity contribution in [3.05, 3.63) is 96.3 Å². The van der Waals surface area contributed by atoms with E-state index in [9.17, 15) is 13.2 Å². The van der Waals surface area contributed by atoms with Crippen molar-refractivity contribution in [3.63, 3.8) is 0 Å². The van der Waals surface area contributed by atoms with Crippen LogP contribution >= 0.6 is 0 Å². The zero-order valence-electron chi connectivity index (χ0n) is 18.6. The average molecular weight is 474 g/mol. The normalized spacial score (nSPS) is 16.4. The van der Waals surface area contributed by atoms with Crippen LogP contribution in [0.1, 0.15) is 5.56 Å². The van der Waals surface area contributed by atoms with Gasteiger partial charge in [-0.05, 0) is 24.3 Å². The summed E-state index contributed by atoms with van der Waals surface area (Å²) in [6.45, 7) is 0.629. The largest absolute Gasteiger partial charge is 0.337 e. The van der Waals surface area contributed by atoms with Gasteiger partial charge < -0.3 is 9.80 Å². The Morgan fingerprint density at radius 3 is 2.47 bits per heavy atom. The lowest BCUT2D eigenvalue weighted by Crippen LogP contribution is -2.38. The van der Waals surface area contributed by atoms with Gasteiger partial charge in [-0.1, -0.05) is 48.5 Å². The van der Waals surface area contributed by atoms with E-state index in [4.69, 9.17) is 5.10 Å². The van der Waals surface area contributed by atoms with Crippen LogP contribution in [0.2, 0.25) is 0 Å². The maximum absolute atomic E-state index is 13.2. The molecule has 0 saturated carbocycles. The van der Waals surface area contributed by atoms with E-state index < -0.39 is 10.0 Å². The first kappa shape index (κ1) is 21.8. The number of nitrogens with zero attached hydrogens (tertiary/aromatic N) is 5. The third kappa shape index (κ3) is 4.42. The highest BCUT2D eigenvalue weighted by Crippen LogP contribution is 2.25. The molecular formula is C25H23N5O3S. The molecule has 0 spiro atoms. The molecule has 172 valence electrons. The second kappa shape index (κ2) is 8.75. The quantitative estimate of drug-likeness (QED) is 0.569. The Hall–Kier alpha value is -3.98. The van der Waals surface area contributed by atoms with Crippen molar-refractivity contribution in [1.29, 1.82) is 0 Å². The van der Waals surface area contributed by atoms with E-state index in [2.05, 4.69) is 4.40 Å². The molecule has 2 aliphatic rings. The maximum atomic E-state index is 13.2. The number of carbonyl (C=O) groups excluding carboxylic acids is 1. The standard InChI is InChI=1S/C25H23N5O3S/c1-28(25(31)20-12-13-23-27-34(32,33)15-14-29(23)17-20)16-21-18-30(22-10-6-3-7-11-22)26-24(21)19-8-4-2-5-9-19/h2-13,17-18H,14-16H2,1H3. The van der Waals surface area contributed by atoms with Crippen molar-refractivity contribution in [1.82, 2.24) is 19.6 Å². The molecule has 0 saturated heterocycles. The number of rotatable bonds is 5. The number of likely N-dealkylation sites (N-methyl/N-ethyl adjacent to an activating group) is 1. The summed E-state index contributed by atoms with van der Waals surface area (Å²) >= 11 is 0. The monoisotopic (exact) mass is 473 g/mol. The zero-order chi connectivity index (χ0) is 23.7. The van der Waals surface area contributed by atoms with Crippen molar-refractivity contribution in [3.8, 4) is 16.9 Å². The van der Waals surface area contributed by atoms with Crippen LogP contribution in [0.3, 0.4) is 0 Å². The molecule has 0 radical (unpaired) electrons. The molecule has 5 rings (SSSR count). The number of para-hydroxylation sites is 1. The van der Waals surface area contributed by atoms with Crippen LogP contribution in [-0.4, -0.2) is 59.1 Å².